The number of esters is 1. The van der Waals surface area contributed by atoms with Crippen LogP contribution in [0.3, 0.4) is 0 Å². The summed E-state index contributed by atoms with van der Waals surface area (Å²) in [6, 6.07) is 5.80. The van der Waals surface area contributed by atoms with Crippen molar-refractivity contribution in [2.24, 2.45) is 0 Å². The Morgan fingerprint density at radius 3 is 2.60 bits per heavy atom. The molecule has 108 valence electrons. The van der Waals surface area contributed by atoms with E-state index in [0.717, 1.165) is 31.5 Å². The number of fused-ring (bicyclic) bond motifs is 2. The molecule has 1 aromatic carbocycles. The number of hydrogen-bond donors (Lipinski definition) is 1. The van der Waals surface area contributed by atoms with Crippen molar-refractivity contribution in [2.75, 3.05) is 13.1 Å². The molecule has 1 aromatic rings. The summed E-state index contributed by atoms with van der Waals surface area (Å²) >= 11 is 0. The highest BCUT2D eigenvalue weighted by Crippen LogP contribution is 2.46. The molecule has 3 rings (SSSR count). The fraction of sp³-hybridized carbons (Fsp3) is 0.562. The Morgan fingerprint density at radius 1 is 1.25 bits per heavy atom. The number of piperidine rings is 1. The Kier molecular flexibility index (Phi) is 3.01. The molecule has 0 saturated carbocycles. The number of rotatable bonds is 1. The lowest BCUT2D eigenvalue weighted by Gasteiger charge is -2.33. The quantitative estimate of drug-likeness (QED) is 0.800. The molecule has 0 bridgehead atoms. The first kappa shape index (κ1) is 13.4. The van der Waals surface area contributed by atoms with Gasteiger partial charge in [-0.05, 0) is 39.9 Å². The minimum Gasteiger partial charge on any atom is -0.487 e. The van der Waals surface area contributed by atoms with E-state index in [1.807, 2.05) is 39.0 Å². The van der Waals surface area contributed by atoms with Gasteiger partial charge in [0.25, 0.3) is 0 Å². The molecule has 1 saturated heterocycles. The van der Waals surface area contributed by atoms with E-state index in [0.29, 0.717) is 11.3 Å². The van der Waals surface area contributed by atoms with Gasteiger partial charge >= 0.3 is 5.97 Å². The van der Waals surface area contributed by atoms with Crippen LogP contribution in [0.1, 0.15) is 49.5 Å². The van der Waals surface area contributed by atoms with Crippen LogP contribution in [-0.4, -0.2) is 24.7 Å². The zero-order valence-electron chi connectivity index (χ0n) is 12.3. The Hall–Kier alpha value is -1.55. The normalized spacial score (nSPS) is 20.6. The molecule has 0 unspecified atom stereocenters. The molecule has 0 radical (unpaired) electrons. The summed E-state index contributed by atoms with van der Waals surface area (Å²) in [6.45, 7) is 7.68. The van der Waals surface area contributed by atoms with Crippen LogP contribution < -0.4 is 10.1 Å². The molecule has 0 amide bonds. The van der Waals surface area contributed by atoms with Gasteiger partial charge in [-0.3, -0.25) is 0 Å². The van der Waals surface area contributed by atoms with Crippen molar-refractivity contribution < 1.29 is 14.3 Å². The van der Waals surface area contributed by atoms with Crippen LogP contribution in [0.5, 0.6) is 5.75 Å². The van der Waals surface area contributed by atoms with E-state index >= 15 is 0 Å². The van der Waals surface area contributed by atoms with Crippen molar-refractivity contribution in [3.8, 4) is 5.75 Å². The van der Waals surface area contributed by atoms with Gasteiger partial charge in [-0.1, -0.05) is 12.1 Å². The zero-order valence-corrected chi connectivity index (χ0v) is 12.3. The van der Waals surface area contributed by atoms with Crippen LogP contribution >= 0.6 is 0 Å². The summed E-state index contributed by atoms with van der Waals surface area (Å²) in [5.74, 6) is 0.386. The summed E-state index contributed by atoms with van der Waals surface area (Å²) in [5, 5.41) is 3.31. The minimum absolute atomic E-state index is 0.248. The van der Waals surface area contributed by atoms with E-state index in [4.69, 9.17) is 9.47 Å². The van der Waals surface area contributed by atoms with Gasteiger partial charge in [-0.15, -0.1) is 0 Å². The third-order valence-corrected chi connectivity index (χ3v) is 3.84. The SMILES string of the molecule is CC(C)(C)Oc1cccc2c1C(=O)OC21CCNCC1. The topological polar surface area (TPSA) is 47.6 Å². The van der Waals surface area contributed by atoms with E-state index in [-0.39, 0.29) is 11.6 Å². The second-order valence-electron chi connectivity index (χ2n) is 6.53. The average molecular weight is 275 g/mol. The first-order valence-electron chi connectivity index (χ1n) is 7.18. The van der Waals surface area contributed by atoms with Gasteiger partial charge in [0, 0.05) is 18.4 Å². The molecule has 0 aromatic heterocycles. The molecule has 1 fully saturated rings. The monoisotopic (exact) mass is 275 g/mol. The van der Waals surface area contributed by atoms with Crippen molar-refractivity contribution in [3.63, 3.8) is 0 Å². The van der Waals surface area contributed by atoms with Crippen LogP contribution in [0.4, 0.5) is 0 Å². The average Bonchev–Trinajstić information content (AvgIpc) is 2.63. The van der Waals surface area contributed by atoms with Gasteiger partial charge in [0.15, 0.2) is 0 Å². The number of carbonyl (C=O) groups excluding carboxylic acids is 1. The predicted octanol–water partition coefficient (Wildman–Crippen LogP) is 2.61. The molecular weight excluding hydrogens is 254 g/mol. The number of ether oxygens (including phenoxy) is 2. The molecular formula is C16H21NO3. The molecule has 4 nitrogen and oxygen atoms in total. The molecule has 20 heavy (non-hydrogen) atoms. The highest BCUT2D eigenvalue weighted by atomic mass is 16.6. The lowest BCUT2D eigenvalue weighted by molar-refractivity contribution is -0.0242. The maximum absolute atomic E-state index is 12.3. The number of benzene rings is 1. The third-order valence-electron chi connectivity index (χ3n) is 3.84. The number of nitrogens with one attached hydrogen (secondary N) is 1. The maximum atomic E-state index is 12.3. The van der Waals surface area contributed by atoms with Crippen LogP contribution in [-0.2, 0) is 10.3 Å². The zero-order chi connectivity index (χ0) is 14.4. The molecule has 1 spiro atoms. The van der Waals surface area contributed by atoms with Gasteiger partial charge in [-0.25, -0.2) is 4.79 Å². The summed E-state index contributed by atoms with van der Waals surface area (Å²) < 4.78 is 11.7. The second-order valence-corrected chi connectivity index (χ2v) is 6.53. The lowest BCUT2D eigenvalue weighted by Crippen LogP contribution is -2.39. The molecule has 2 aliphatic heterocycles. The summed E-state index contributed by atoms with van der Waals surface area (Å²) in [5.41, 5.74) is 0.823. The Balaban J connectivity index is 2.05. The summed E-state index contributed by atoms with van der Waals surface area (Å²) in [4.78, 5) is 12.3. The van der Waals surface area contributed by atoms with Crippen molar-refractivity contribution in [1.82, 2.24) is 5.32 Å². The van der Waals surface area contributed by atoms with E-state index in [9.17, 15) is 4.79 Å². The van der Waals surface area contributed by atoms with E-state index in [1.54, 1.807) is 0 Å². The highest BCUT2D eigenvalue weighted by molar-refractivity contribution is 5.97. The van der Waals surface area contributed by atoms with Crippen molar-refractivity contribution in [1.29, 1.82) is 0 Å². The first-order chi connectivity index (χ1) is 9.41. The minimum atomic E-state index is -0.449. The number of carbonyl (C=O) groups is 1. The van der Waals surface area contributed by atoms with Gasteiger partial charge in [-0.2, -0.15) is 0 Å². The Labute approximate surface area is 119 Å². The molecule has 0 atom stereocenters. The van der Waals surface area contributed by atoms with E-state index < -0.39 is 5.60 Å². The molecule has 2 heterocycles. The maximum Gasteiger partial charge on any atom is 0.343 e. The van der Waals surface area contributed by atoms with E-state index in [2.05, 4.69) is 5.32 Å². The highest BCUT2D eigenvalue weighted by Gasteiger charge is 2.47. The lowest BCUT2D eigenvalue weighted by atomic mass is 9.84. The standard InChI is InChI=1S/C16H21NO3/c1-15(2,3)19-12-6-4-5-11-13(12)14(18)20-16(11)7-9-17-10-8-16/h4-6,17H,7-10H2,1-3H3. The molecule has 4 heteroatoms. The van der Waals surface area contributed by atoms with Crippen LogP contribution in [0.25, 0.3) is 0 Å². The third kappa shape index (κ3) is 2.18. The summed E-state index contributed by atoms with van der Waals surface area (Å²) in [7, 11) is 0. The van der Waals surface area contributed by atoms with Crippen LogP contribution in [0.2, 0.25) is 0 Å². The van der Waals surface area contributed by atoms with Gasteiger partial charge in [0.1, 0.15) is 22.5 Å². The predicted molar refractivity (Wildman–Crippen MR) is 76.0 cm³/mol. The fourth-order valence-electron chi connectivity index (χ4n) is 3.02. The Bertz CT molecular complexity index is 539. The van der Waals surface area contributed by atoms with Crippen LogP contribution in [0, 0.1) is 0 Å². The van der Waals surface area contributed by atoms with E-state index in [1.165, 1.54) is 0 Å². The first-order valence-corrected chi connectivity index (χ1v) is 7.18. The summed E-state index contributed by atoms with van der Waals surface area (Å²) in [6.07, 6.45) is 1.65. The largest absolute Gasteiger partial charge is 0.487 e. The number of hydrogen-bond acceptors (Lipinski definition) is 4. The second kappa shape index (κ2) is 4.48. The smallest absolute Gasteiger partial charge is 0.343 e. The van der Waals surface area contributed by atoms with Crippen molar-refractivity contribution in [2.45, 2.75) is 44.8 Å². The Morgan fingerprint density at radius 2 is 1.95 bits per heavy atom. The fourth-order valence-corrected chi connectivity index (χ4v) is 3.02. The molecule has 2 aliphatic rings. The van der Waals surface area contributed by atoms with Gasteiger partial charge < -0.3 is 14.8 Å². The molecule has 0 aliphatic carbocycles. The van der Waals surface area contributed by atoms with Gasteiger partial charge in [0.05, 0.1) is 0 Å². The van der Waals surface area contributed by atoms with Gasteiger partial charge in [0.2, 0.25) is 0 Å². The van der Waals surface area contributed by atoms with Crippen LogP contribution in [0.15, 0.2) is 18.2 Å². The molecule has 1 N–H and O–H groups in total. The van der Waals surface area contributed by atoms with Crippen molar-refractivity contribution >= 4 is 5.97 Å². The van der Waals surface area contributed by atoms with Crippen molar-refractivity contribution in [3.05, 3.63) is 29.3 Å².